The Labute approximate surface area is 93.4 Å². The molecule has 15 heavy (non-hydrogen) atoms. The zero-order chi connectivity index (χ0) is 10.8. The molecule has 2 rings (SSSR count). The Morgan fingerprint density at radius 1 is 1.40 bits per heavy atom. The predicted molar refractivity (Wildman–Crippen MR) is 55.1 cm³/mol. The topological polar surface area (TPSA) is 59.1 Å². The molecular formula is C9H8BrN2O3+. The second-order valence-electron chi connectivity index (χ2n) is 2.81. The molecule has 1 aromatic heterocycles. The summed E-state index contributed by atoms with van der Waals surface area (Å²) in [6.45, 7) is 0. The molecule has 0 aliphatic carbocycles. The van der Waals surface area contributed by atoms with Crippen molar-refractivity contribution < 1.29 is 13.9 Å². The van der Waals surface area contributed by atoms with Crippen LogP contribution < -0.4 is 15.0 Å². The highest BCUT2D eigenvalue weighted by molar-refractivity contribution is 9.10. The minimum atomic E-state index is -0.453. The van der Waals surface area contributed by atoms with E-state index in [1.807, 2.05) is 0 Å². The van der Waals surface area contributed by atoms with E-state index in [4.69, 9.17) is 4.74 Å². The number of ether oxygens (including phenoxy) is 1. The monoisotopic (exact) mass is 271 g/mol. The highest BCUT2D eigenvalue weighted by Crippen LogP contribution is 2.11. The van der Waals surface area contributed by atoms with E-state index in [0.717, 1.165) is 11.4 Å². The molecule has 0 radical (unpaired) electrons. The number of hydrogen-bond acceptors (Lipinski definition) is 3. The van der Waals surface area contributed by atoms with E-state index in [-0.39, 0.29) is 0 Å². The maximum Gasteiger partial charge on any atom is 0.442 e. The van der Waals surface area contributed by atoms with Crippen LogP contribution in [0, 0.1) is 0 Å². The Bertz CT molecular complexity index is 515. The predicted octanol–water partition coefficient (Wildman–Crippen LogP) is 1.02. The first-order valence-corrected chi connectivity index (χ1v) is 4.95. The quantitative estimate of drug-likeness (QED) is 0.830. The summed E-state index contributed by atoms with van der Waals surface area (Å²) >= 11 is 3.12. The van der Waals surface area contributed by atoms with Gasteiger partial charge in [0, 0.05) is 28.1 Å². The second kappa shape index (κ2) is 3.90. The fourth-order valence-corrected chi connectivity index (χ4v) is 1.52. The van der Waals surface area contributed by atoms with Crippen molar-refractivity contribution in [2.45, 2.75) is 0 Å². The Kier molecular flexibility index (Phi) is 2.59. The SMILES string of the molecule is COc1ccc(-[n+]2[nH]oc(=O)c2Br)cc1. The van der Waals surface area contributed by atoms with Gasteiger partial charge < -0.3 is 4.74 Å². The van der Waals surface area contributed by atoms with Gasteiger partial charge in [-0.05, 0) is 22.1 Å². The minimum absolute atomic E-state index is 0.313. The van der Waals surface area contributed by atoms with Crippen LogP contribution in [0.1, 0.15) is 0 Å². The van der Waals surface area contributed by atoms with Crippen molar-refractivity contribution >= 4 is 15.9 Å². The fraction of sp³-hybridized carbons (Fsp3) is 0.111. The van der Waals surface area contributed by atoms with Gasteiger partial charge in [0.15, 0.2) is 0 Å². The Morgan fingerprint density at radius 2 is 2.07 bits per heavy atom. The van der Waals surface area contributed by atoms with E-state index in [9.17, 15) is 4.79 Å². The van der Waals surface area contributed by atoms with Crippen LogP contribution in [-0.4, -0.2) is 12.4 Å². The molecule has 0 saturated carbocycles. The molecule has 0 fully saturated rings. The number of aromatic amines is 1. The third-order valence-corrected chi connectivity index (χ3v) is 2.60. The number of hydrogen-bond donors (Lipinski definition) is 1. The number of nitrogens with zero attached hydrogens (tertiary/aromatic N) is 1. The first-order chi connectivity index (χ1) is 7.22. The van der Waals surface area contributed by atoms with Crippen LogP contribution in [-0.2, 0) is 0 Å². The molecule has 0 bridgehead atoms. The average Bonchev–Trinajstić information content (AvgIpc) is 2.60. The lowest BCUT2D eigenvalue weighted by molar-refractivity contribution is -0.680. The van der Waals surface area contributed by atoms with Gasteiger partial charge in [-0.2, -0.15) is 0 Å². The van der Waals surface area contributed by atoms with Gasteiger partial charge in [0.05, 0.1) is 7.11 Å². The summed E-state index contributed by atoms with van der Waals surface area (Å²) in [5.41, 5.74) is 0.319. The van der Waals surface area contributed by atoms with Gasteiger partial charge in [-0.3, -0.25) is 4.52 Å². The lowest BCUT2D eigenvalue weighted by Gasteiger charge is -1.96. The molecule has 0 amide bonds. The van der Waals surface area contributed by atoms with Gasteiger partial charge in [0.25, 0.3) is 0 Å². The third-order valence-electron chi connectivity index (χ3n) is 1.93. The van der Waals surface area contributed by atoms with Crippen LogP contribution in [0.15, 0.2) is 38.2 Å². The van der Waals surface area contributed by atoms with Crippen molar-refractivity contribution in [3.05, 3.63) is 39.3 Å². The molecule has 2 aromatic rings. The van der Waals surface area contributed by atoms with Crippen LogP contribution in [0.5, 0.6) is 5.75 Å². The van der Waals surface area contributed by atoms with Crippen molar-refractivity contribution in [3.8, 4) is 11.4 Å². The molecule has 1 heterocycles. The molecule has 0 aliphatic heterocycles. The highest BCUT2D eigenvalue weighted by atomic mass is 79.9. The van der Waals surface area contributed by atoms with E-state index >= 15 is 0 Å². The number of nitrogens with one attached hydrogen (secondary N) is 1. The minimum Gasteiger partial charge on any atom is -0.497 e. The zero-order valence-corrected chi connectivity index (χ0v) is 9.45. The summed E-state index contributed by atoms with van der Waals surface area (Å²) < 4.78 is 11.4. The molecule has 1 N–H and O–H groups in total. The normalized spacial score (nSPS) is 10.3. The van der Waals surface area contributed by atoms with E-state index in [2.05, 4.69) is 25.7 Å². The molecule has 0 spiro atoms. The summed E-state index contributed by atoms with van der Waals surface area (Å²) in [7, 11) is 1.60. The van der Waals surface area contributed by atoms with Crippen LogP contribution in [0.3, 0.4) is 0 Å². The van der Waals surface area contributed by atoms with Crippen molar-refractivity contribution in [2.24, 2.45) is 0 Å². The lowest BCUT2D eigenvalue weighted by Crippen LogP contribution is -2.34. The Hall–Kier alpha value is -1.56. The molecule has 0 atom stereocenters. The summed E-state index contributed by atoms with van der Waals surface area (Å²) in [5.74, 6) is 0.751. The summed E-state index contributed by atoms with van der Waals surface area (Å²) in [6, 6.07) is 7.18. The molecular weight excluding hydrogens is 264 g/mol. The summed E-state index contributed by atoms with van der Waals surface area (Å²) in [5, 5.41) is 2.47. The summed E-state index contributed by atoms with van der Waals surface area (Å²) in [6.07, 6.45) is 0. The van der Waals surface area contributed by atoms with Crippen LogP contribution >= 0.6 is 15.9 Å². The lowest BCUT2D eigenvalue weighted by atomic mass is 10.3. The van der Waals surface area contributed by atoms with E-state index in [1.165, 1.54) is 4.68 Å². The van der Waals surface area contributed by atoms with Gasteiger partial charge in [0.2, 0.25) is 5.69 Å². The van der Waals surface area contributed by atoms with E-state index in [0.29, 0.717) is 4.60 Å². The maximum absolute atomic E-state index is 11.0. The number of aromatic nitrogens is 2. The van der Waals surface area contributed by atoms with Crippen LogP contribution in [0.4, 0.5) is 0 Å². The van der Waals surface area contributed by atoms with Crippen molar-refractivity contribution in [1.29, 1.82) is 0 Å². The number of rotatable bonds is 2. The standard InChI is InChI=1S/C9H7BrN2O3/c1-14-7-4-2-6(3-5-7)12-8(10)9(13)15-11-12/h2-5H,1H3/p+1. The first kappa shape index (κ1) is 9.97. The molecule has 5 nitrogen and oxygen atoms in total. The van der Waals surface area contributed by atoms with Gasteiger partial charge in [-0.1, -0.05) is 0 Å². The average molecular weight is 272 g/mol. The largest absolute Gasteiger partial charge is 0.497 e. The van der Waals surface area contributed by atoms with Gasteiger partial charge in [-0.25, -0.2) is 4.79 Å². The number of benzene rings is 1. The number of H-pyrrole nitrogens is 1. The molecule has 0 aliphatic rings. The van der Waals surface area contributed by atoms with Gasteiger partial charge >= 0.3 is 10.2 Å². The maximum atomic E-state index is 11.0. The number of methoxy groups -OCH3 is 1. The smallest absolute Gasteiger partial charge is 0.442 e. The van der Waals surface area contributed by atoms with Crippen molar-refractivity contribution in [2.75, 3.05) is 7.11 Å². The third kappa shape index (κ3) is 1.80. The zero-order valence-electron chi connectivity index (χ0n) is 7.86. The fourth-order valence-electron chi connectivity index (χ4n) is 1.16. The molecule has 0 saturated heterocycles. The van der Waals surface area contributed by atoms with Crippen molar-refractivity contribution in [1.82, 2.24) is 5.27 Å². The first-order valence-electron chi connectivity index (χ1n) is 4.16. The van der Waals surface area contributed by atoms with Gasteiger partial charge in [-0.15, -0.1) is 0 Å². The van der Waals surface area contributed by atoms with E-state index < -0.39 is 5.63 Å². The van der Waals surface area contributed by atoms with Crippen LogP contribution in [0.25, 0.3) is 5.69 Å². The molecule has 78 valence electrons. The Morgan fingerprint density at radius 3 is 2.53 bits per heavy atom. The van der Waals surface area contributed by atoms with Crippen molar-refractivity contribution in [3.63, 3.8) is 0 Å². The Balaban J connectivity index is 2.46. The molecule has 0 unspecified atom stereocenters. The van der Waals surface area contributed by atoms with E-state index in [1.54, 1.807) is 31.4 Å². The molecule has 1 aromatic carbocycles. The number of halogens is 1. The highest BCUT2D eigenvalue weighted by Gasteiger charge is 2.19. The molecule has 6 heteroatoms. The second-order valence-corrected chi connectivity index (χ2v) is 3.56. The summed E-state index contributed by atoms with van der Waals surface area (Å²) in [4.78, 5) is 11.0. The van der Waals surface area contributed by atoms with Crippen LogP contribution in [0.2, 0.25) is 0 Å². The van der Waals surface area contributed by atoms with Gasteiger partial charge in [0.1, 0.15) is 5.75 Å².